The van der Waals surface area contributed by atoms with Crippen LogP contribution in [0.4, 0.5) is 0 Å². The molecular weight excluding hydrogens is 387 g/mol. The quantitative estimate of drug-likeness (QED) is 0.438. The van der Waals surface area contributed by atoms with Gasteiger partial charge in [0.25, 0.3) is 0 Å². The summed E-state index contributed by atoms with van der Waals surface area (Å²) in [5.41, 5.74) is 0. The molecule has 146 valence electrons. The summed E-state index contributed by atoms with van der Waals surface area (Å²) in [5.74, 6) is -1.65. The van der Waals surface area contributed by atoms with Crippen molar-refractivity contribution in [2.24, 2.45) is 0 Å². The monoisotopic (exact) mass is 412 g/mol. The second-order valence-electron chi connectivity index (χ2n) is 6.40. The lowest BCUT2D eigenvalue weighted by molar-refractivity contribution is -0.301. The summed E-state index contributed by atoms with van der Waals surface area (Å²) in [5, 5.41) is 13.6. The van der Waals surface area contributed by atoms with E-state index in [4.69, 9.17) is 9.90 Å². The van der Waals surface area contributed by atoms with Gasteiger partial charge in [0.15, 0.2) is 0 Å². The first-order valence-corrected chi connectivity index (χ1v) is 12.0. The summed E-state index contributed by atoms with van der Waals surface area (Å²) in [6.45, 7) is 2.29. The molecule has 0 amide bonds. The van der Waals surface area contributed by atoms with Crippen LogP contribution in [0.15, 0.2) is 91.0 Å². The average molecular weight is 413 g/mol. The zero-order chi connectivity index (χ0) is 20.2. The summed E-state index contributed by atoms with van der Waals surface area (Å²) >= 11 is 4.67. The van der Waals surface area contributed by atoms with E-state index in [1.807, 2.05) is 0 Å². The van der Waals surface area contributed by atoms with Crippen LogP contribution in [0.3, 0.4) is 0 Å². The van der Waals surface area contributed by atoms with E-state index in [9.17, 15) is 0 Å². The van der Waals surface area contributed by atoms with Gasteiger partial charge in [-0.3, -0.25) is 0 Å². The van der Waals surface area contributed by atoms with Gasteiger partial charge in [0.1, 0.15) is 23.2 Å². The van der Waals surface area contributed by atoms with Crippen molar-refractivity contribution in [1.82, 2.24) is 0 Å². The number of carboxylic acid groups (broad SMARTS) is 1. The van der Waals surface area contributed by atoms with Crippen LogP contribution < -0.4 is 21.0 Å². The van der Waals surface area contributed by atoms with Crippen LogP contribution in [-0.4, -0.2) is 18.0 Å². The molecule has 0 spiro atoms. The number of alkyl halides is 1. The van der Waals surface area contributed by atoms with Crippen LogP contribution in [0, 0.1) is 0 Å². The molecule has 0 aliphatic heterocycles. The normalized spacial score (nSPS) is 10.6. The highest BCUT2D eigenvalue weighted by atomic mass is 35.5. The van der Waals surface area contributed by atoms with Crippen LogP contribution in [0.5, 0.6) is 0 Å². The van der Waals surface area contributed by atoms with Crippen molar-refractivity contribution in [3.8, 4) is 0 Å². The van der Waals surface area contributed by atoms with Crippen molar-refractivity contribution in [2.45, 2.75) is 19.8 Å². The van der Waals surface area contributed by atoms with Gasteiger partial charge >= 0.3 is 0 Å². The van der Waals surface area contributed by atoms with E-state index in [1.54, 1.807) is 0 Å². The Hall–Kier alpha value is -2.15. The Kier molecular flexibility index (Phi) is 9.20. The number of carbonyl (C=O) groups is 1. The minimum absolute atomic E-state index is 0.417. The van der Waals surface area contributed by atoms with Crippen LogP contribution in [-0.2, 0) is 4.79 Å². The third-order valence-electron chi connectivity index (χ3n) is 4.55. The van der Waals surface area contributed by atoms with Crippen LogP contribution in [0.1, 0.15) is 19.8 Å². The molecule has 0 aliphatic carbocycles. The Labute approximate surface area is 173 Å². The van der Waals surface area contributed by atoms with E-state index < -0.39 is 19.1 Å². The van der Waals surface area contributed by atoms with Crippen molar-refractivity contribution in [3.63, 3.8) is 0 Å². The van der Waals surface area contributed by atoms with E-state index in [0.717, 1.165) is 0 Å². The summed E-state index contributed by atoms with van der Waals surface area (Å²) in [7, 11) is -1.57. The maximum Gasteiger partial charge on any atom is 0.112 e. The number of carboxylic acids is 1. The van der Waals surface area contributed by atoms with Crippen LogP contribution in [0.25, 0.3) is 0 Å². The summed E-state index contributed by atoms with van der Waals surface area (Å²) < 4.78 is 0. The van der Waals surface area contributed by atoms with Gasteiger partial charge in [-0.15, -0.1) is 11.6 Å². The number of rotatable bonds is 7. The number of benzene rings is 3. The predicted molar refractivity (Wildman–Crippen MR) is 121 cm³/mol. The first-order valence-electron chi connectivity index (χ1n) is 9.46. The summed E-state index contributed by atoms with van der Waals surface area (Å²) in [6, 6.07) is 33.4. The van der Waals surface area contributed by atoms with E-state index in [2.05, 4.69) is 110 Å². The van der Waals surface area contributed by atoms with Gasteiger partial charge in [-0.2, -0.15) is 0 Å². The number of halogens is 1. The molecule has 0 heterocycles. The highest BCUT2D eigenvalue weighted by Crippen LogP contribution is 2.55. The average Bonchev–Trinajstić information content (AvgIpc) is 2.77. The molecule has 3 rings (SSSR count). The van der Waals surface area contributed by atoms with Gasteiger partial charge in [-0.05, 0) is 42.8 Å². The molecule has 2 nitrogen and oxygen atoms in total. The lowest BCUT2D eigenvalue weighted by Gasteiger charge is -2.27. The molecule has 0 saturated carbocycles. The second-order valence-corrected chi connectivity index (χ2v) is 10.3. The van der Waals surface area contributed by atoms with E-state index in [-0.39, 0.29) is 0 Å². The molecular formula is C24H26ClO2P. The third-order valence-corrected chi connectivity index (χ3v) is 9.29. The topological polar surface area (TPSA) is 40.1 Å². The molecule has 0 aromatic heterocycles. The summed E-state index contributed by atoms with van der Waals surface area (Å²) in [4.78, 5) is 9.12. The zero-order valence-electron chi connectivity index (χ0n) is 16.1. The molecule has 0 unspecified atom stereocenters. The van der Waals surface area contributed by atoms with Crippen molar-refractivity contribution in [2.75, 3.05) is 12.0 Å². The Morgan fingerprint density at radius 2 is 1.11 bits per heavy atom. The smallest absolute Gasteiger partial charge is 0.112 e. The lowest BCUT2D eigenvalue weighted by atomic mass is 10.3. The van der Waals surface area contributed by atoms with Gasteiger partial charge in [-0.25, -0.2) is 0 Å². The maximum atomic E-state index is 9.12. The number of carbonyl (C=O) groups excluding carboxylic acids is 1. The Morgan fingerprint density at radius 3 is 1.36 bits per heavy atom. The number of hydrogen-bond acceptors (Lipinski definition) is 2. The Balaban J connectivity index is 0.000000500. The van der Waals surface area contributed by atoms with Crippen LogP contribution >= 0.6 is 18.9 Å². The van der Waals surface area contributed by atoms with Gasteiger partial charge < -0.3 is 9.90 Å². The number of aliphatic carboxylic acids is 1. The fraction of sp³-hybridized carbons (Fsp3) is 0.208. The minimum atomic E-state index is -1.57. The maximum absolute atomic E-state index is 9.12. The van der Waals surface area contributed by atoms with Crippen molar-refractivity contribution in [3.05, 3.63) is 91.0 Å². The third kappa shape index (κ3) is 5.67. The van der Waals surface area contributed by atoms with Crippen molar-refractivity contribution in [1.29, 1.82) is 0 Å². The standard InChI is InChI=1S/C22H24P.C2H3ClO2/c1-2-3-19-23(20-13-7-4-8-14-20,21-15-9-5-10-16-21)22-17-11-6-12-18-22;3-1-2(4)5/h4-18H,2-3,19H2,1H3;1H2,(H,4,5)/q+1;/p-1. The first kappa shape index (κ1) is 22.1. The van der Waals surface area contributed by atoms with E-state index >= 15 is 0 Å². The molecule has 0 bridgehead atoms. The highest BCUT2D eigenvalue weighted by Gasteiger charge is 2.44. The molecule has 0 N–H and O–H groups in total. The Morgan fingerprint density at radius 1 is 0.786 bits per heavy atom. The van der Waals surface area contributed by atoms with E-state index in [0.29, 0.717) is 0 Å². The summed E-state index contributed by atoms with van der Waals surface area (Å²) in [6.07, 6.45) is 3.72. The van der Waals surface area contributed by atoms with Gasteiger partial charge in [0.2, 0.25) is 0 Å². The largest absolute Gasteiger partial charge is 0.549 e. The van der Waals surface area contributed by atoms with Gasteiger partial charge in [-0.1, -0.05) is 67.9 Å². The highest BCUT2D eigenvalue weighted by molar-refractivity contribution is 7.95. The molecule has 4 heteroatoms. The fourth-order valence-electron chi connectivity index (χ4n) is 3.28. The Bertz CT molecular complexity index is 726. The number of unbranched alkanes of at least 4 members (excludes halogenated alkanes) is 1. The molecule has 0 atom stereocenters. The van der Waals surface area contributed by atoms with Crippen molar-refractivity contribution < 1.29 is 9.90 Å². The van der Waals surface area contributed by atoms with Gasteiger partial charge in [0.05, 0.1) is 18.0 Å². The fourth-order valence-corrected chi connectivity index (χ4v) is 7.78. The zero-order valence-corrected chi connectivity index (χ0v) is 17.8. The minimum Gasteiger partial charge on any atom is -0.549 e. The van der Waals surface area contributed by atoms with E-state index in [1.165, 1.54) is 34.9 Å². The molecule has 0 saturated heterocycles. The van der Waals surface area contributed by atoms with Gasteiger partial charge in [0, 0.05) is 0 Å². The van der Waals surface area contributed by atoms with Crippen LogP contribution in [0.2, 0.25) is 0 Å². The molecule has 3 aromatic carbocycles. The van der Waals surface area contributed by atoms with Crippen molar-refractivity contribution >= 4 is 40.7 Å². The molecule has 0 radical (unpaired) electrons. The molecule has 3 aromatic rings. The molecule has 0 aliphatic rings. The SMILES string of the molecule is CCCC[P+](c1ccccc1)(c1ccccc1)c1ccccc1.O=C([O-])CCl. The first-order chi connectivity index (χ1) is 13.6. The number of hydrogen-bond donors (Lipinski definition) is 0. The molecule has 0 fully saturated rings. The second kappa shape index (κ2) is 11.6. The predicted octanol–water partition coefficient (Wildman–Crippen LogP) is 3.76. The molecule has 28 heavy (non-hydrogen) atoms. The lowest BCUT2D eigenvalue weighted by Crippen LogP contribution is -2.33.